The fourth-order valence-electron chi connectivity index (χ4n) is 1.40. The number of hydrogen-bond acceptors (Lipinski definition) is 0. The largest absolute Gasteiger partial charge is 0.0784 e. The number of rotatable bonds is 3. The van der Waals surface area contributed by atoms with E-state index in [1.54, 1.807) is 0 Å². The summed E-state index contributed by atoms with van der Waals surface area (Å²) in [6.45, 7) is 6.64. The van der Waals surface area contributed by atoms with Crippen LogP contribution in [0, 0.1) is 0 Å². The normalized spacial score (nSPS) is 14.2. The van der Waals surface area contributed by atoms with Gasteiger partial charge in [0, 0.05) is 0 Å². The molecule has 0 saturated carbocycles. The summed E-state index contributed by atoms with van der Waals surface area (Å²) < 4.78 is 0. The predicted octanol–water partition coefficient (Wildman–Crippen LogP) is 4.15. The first-order valence-corrected chi connectivity index (χ1v) is 4.96. The Morgan fingerprint density at radius 2 is 1.92 bits per heavy atom. The Morgan fingerprint density at radius 1 is 1.31 bits per heavy atom. The highest BCUT2D eigenvalue weighted by Crippen LogP contribution is 2.18. The highest BCUT2D eigenvalue weighted by atomic mass is 14.0. The molecule has 0 spiro atoms. The number of allylic oxidation sites excluding steroid dienone is 2. The van der Waals surface area contributed by atoms with Gasteiger partial charge >= 0.3 is 0 Å². The van der Waals surface area contributed by atoms with E-state index in [0.717, 1.165) is 6.42 Å². The fourth-order valence-corrected chi connectivity index (χ4v) is 1.40. The van der Waals surface area contributed by atoms with Crippen LogP contribution in [0.25, 0.3) is 0 Å². The Labute approximate surface area is 81.3 Å². The molecule has 0 saturated heterocycles. The Balaban J connectivity index is 2.75. The molecular formula is C13H18. The molecule has 0 N–H and O–H groups in total. The summed E-state index contributed by atoms with van der Waals surface area (Å²) in [5.74, 6) is 0.543. The molecule has 0 aliphatic heterocycles. The topological polar surface area (TPSA) is 0 Å². The monoisotopic (exact) mass is 174 g/mol. The molecule has 1 aromatic rings. The lowest BCUT2D eigenvalue weighted by atomic mass is 9.98. The molecule has 0 aliphatic carbocycles. The standard InChI is InChI=1S/C13H18/c1-4-11(2)10-12(3)13-8-6-5-7-9-13/h5-10,12H,4H2,1-3H3/b11-10+. The lowest BCUT2D eigenvalue weighted by Gasteiger charge is -2.07. The summed E-state index contributed by atoms with van der Waals surface area (Å²) in [4.78, 5) is 0. The smallest absolute Gasteiger partial charge is 0.000787 e. The molecule has 0 heteroatoms. The molecule has 0 nitrogen and oxygen atoms in total. The maximum Gasteiger partial charge on any atom is -0.000787 e. The maximum absolute atomic E-state index is 2.34. The molecule has 0 aromatic heterocycles. The van der Waals surface area contributed by atoms with Crippen LogP contribution in [0.15, 0.2) is 42.0 Å². The van der Waals surface area contributed by atoms with Crippen molar-refractivity contribution in [1.82, 2.24) is 0 Å². The van der Waals surface area contributed by atoms with Crippen molar-refractivity contribution in [3.8, 4) is 0 Å². The summed E-state index contributed by atoms with van der Waals surface area (Å²) >= 11 is 0. The summed E-state index contributed by atoms with van der Waals surface area (Å²) in [6, 6.07) is 10.6. The molecule has 0 radical (unpaired) electrons. The third-order valence-electron chi connectivity index (χ3n) is 2.42. The Kier molecular flexibility index (Phi) is 3.75. The van der Waals surface area contributed by atoms with E-state index in [1.807, 2.05) is 0 Å². The highest BCUT2D eigenvalue weighted by molar-refractivity contribution is 5.24. The molecule has 1 unspecified atom stereocenters. The van der Waals surface area contributed by atoms with Crippen LogP contribution in [0.5, 0.6) is 0 Å². The fraction of sp³-hybridized carbons (Fsp3) is 0.385. The zero-order valence-electron chi connectivity index (χ0n) is 8.75. The maximum atomic E-state index is 2.34. The first-order valence-electron chi connectivity index (χ1n) is 4.96. The summed E-state index contributed by atoms with van der Waals surface area (Å²) in [6.07, 6.45) is 3.49. The molecule has 70 valence electrons. The van der Waals surface area contributed by atoms with Crippen molar-refractivity contribution in [2.75, 3.05) is 0 Å². The number of benzene rings is 1. The van der Waals surface area contributed by atoms with Crippen LogP contribution in [0.1, 0.15) is 38.7 Å². The lowest BCUT2D eigenvalue weighted by molar-refractivity contribution is 0.932. The van der Waals surface area contributed by atoms with Crippen LogP contribution in [-0.4, -0.2) is 0 Å². The third kappa shape index (κ3) is 3.06. The molecule has 0 fully saturated rings. The average molecular weight is 174 g/mol. The van der Waals surface area contributed by atoms with E-state index < -0.39 is 0 Å². The van der Waals surface area contributed by atoms with Gasteiger partial charge in [-0.2, -0.15) is 0 Å². The van der Waals surface area contributed by atoms with Crippen molar-refractivity contribution < 1.29 is 0 Å². The lowest BCUT2D eigenvalue weighted by Crippen LogP contribution is -1.89. The molecular weight excluding hydrogens is 156 g/mol. The zero-order valence-corrected chi connectivity index (χ0v) is 8.75. The van der Waals surface area contributed by atoms with Gasteiger partial charge in [-0.1, -0.05) is 55.8 Å². The van der Waals surface area contributed by atoms with E-state index in [4.69, 9.17) is 0 Å². The van der Waals surface area contributed by atoms with E-state index >= 15 is 0 Å². The Hall–Kier alpha value is -1.04. The molecule has 0 amide bonds. The van der Waals surface area contributed by atoms with Crippen LogP contribution in [-0.2, 0) is 0 Å². The van der Waals surface area contributed by atoms with Crippen LogP contribution >= 0.6 is 0 Å². The van der Waals surface area contributed by atoms with Gasteiger partial charge in [0.1, 0.15) is 0 Å². The van der Waals surface area contributed by atoms with Gasteiger partial charge in [-0.25, -0.2) is 0 Å². The zero-order chi connectivity index (χ0) is 9.68. The van der Waals surface area contributed by atoms with Crippen molar-refractivity contribution in [2.45, 2.75) is 33.1 Å². The second-order valence-electron chi connectivity index (χ2n) is 3.57. The van der Waals surface area contributed by atoms with E-state index in [-0.39, 0.29) is 0 Å². The van der Waals surface area contributed by atoms with Gasteiger partial charge in [-0.3, -0.25) is 0 Å². The number of hydrogen-bond donors (Lipinski definition) is 0. The average Bonchev–Trinajstić information content (AvgIpc) is 2.19. The predicted molar refractivity (Wildman–Crippen MR) is 58.9 cm³/mol. The van der Waals surface area contributed by atoms with Gasteiger partial charge in [0.05, 0.1) is 0 Å². The van der Waals surface area contributed by atoms with E-state index in [2.05, 4.69) is 57.2 Å². The van der Waals surface area contributed by atoms with Crippen molar-refractivity contribution in [3.63, 3.8) is 0 Å². The van der Waals surface area contributed by atoms with Crippen LogP contribution in [0.4, 0.5) is 0 Å². The van der Waals surface area contributed by atoms with Crippen LogP contribution in [0.2, 0.25) is 0 Å². The van der Waals surface area contributed by atoms with Crippen molar-refractivity contribution in [3.05, 3.63) is 47.5 Å². The third-order valence-corrected chi connectivity index (χ3v) is 2.42. The molecule has 1 rings (SSSR count). The highest BCUT2D eigenvalue weighted by Gasteiger charge is 2.00. The van der Waals surface area contributed by atoms with Gasteiger partial charge in [-0.15, -0.1) is 0 Å². The van der Waals surface area contributed by atoms with Gasteiger partial charge in [0.2, 0.25) is 0 Å². The van der Waals surface area contributed by atoms with Crippen molar-refractivity contribution >= 4 is 0 Å². The Morgan fingerprint density at radius 3 is 2.46 bits per heavy atom. The molecule has 0 aliphatic rings. The summed E-state index contributed by atoms with van der Waals surface area (Å²) in [5, 5.41) is 0. The SMILES string of the molecule is CC/C(C)=C/C(C)c1ccccc1. The summed E-state index contributed by atoms with van der Waals surface area (Å²) in [5.41, 5.74) is 2.87. The quantitative estimate of drug-likeness (QED) is 0.604. The summed E-state index contributed by atoms with van der Waals surface area (Å²) in [7, 11) is 0. The van der Waals surface area contributed by atoms with Crippen LogP contribution in [0.3, 0.4) is 0 Å². The molecule has 1 aromatic carbocycles. The van der Waals surface area contributed by atoms with Gasteiger partial charge in [0.25, 0.3) is 0 Å². The van der Waals surface area contributed by atoms with Crippen molar-refractivity contribution in [2.24, 2.45) is 0 Å². The molecule has 0 heterocycles. The van der Waals surface area contributed by atoms with Gasteiger partial charge in [-0.05, 0) is 24.8 Å². The molecule has 0 bridgehead atoms. The second kappa shape index (κ2) is 4.86. The van der Waals surface area contributed by atoms with E-state index in [0.29, 0.717) is 5.92 Å². The van der Waals surface area contributed by atoms with Gasteiger partial charge < -0.3 is 0 Å². The first-order chi connectivity index (χ1) is 6.24. The first kappa shape index (κ1) is 10.0. The minimum atomic E-state index is 0.543. The van der Waals surface area contributed by atoms with E-state index in [1.165, 1.54) is 11.1 Å². The molecule has 13 heavy (non-hydrogen) atoms. The Bertz CT molecular complexity index is 269. The minimum absolute atomic E-state index is 0.543. The molecule has 1 atom stereocenters. The minimum Gasteiger partial charge on any atom is -0.0784 e. The van der Waals surface area contributed by atoms with Gasteiger partial charge in [0.15, 0.2) is 0 Å². The second-order valence-corrected chi connectivity index (χ2v) is 3.57. The van der Waals surface area contributed by atoms with E-state index in [9.17, 15) is 0 Å². The van der Waals surface area contributed by atoms with Crippen molar-refractivity contribution in [1.29, 1.82) is 0 Å². The van der Waals surface area contributed by atoms with Crippen LogP contribution < -0.4 is 0 Å².